The van der Waals surface area contributed by atoms with E-state index >= 15 is 0 Å². The van der Waals surface area contributed by atoms with Gasteiger partial charge < -0.3 is 19.6 Å². The Kier molecular flexibility index (Phi) is 23.1. The SMILES string of the molecule is Cc1ccc(-c2ccc(N(c3ccc(-c4ccccc4)cc3)c3ccc(-c4ccccc4)cc3)cc2)cc1.Cc1ccc(-c2ccc(N(c3ccccc3)c3ccccc3)cc2)cc1.Cc1ccc(N(c2ccccc2)c2ccc3c(c2)C(C)(C)c2ccccc2-3)cc1.Cc1ccc(N(c2ccccc2)c2ccccc2)cc1. The van der Waals surface area contributed by atoms with Gasteiger partial charge in [-0.05, 0) is 240 Å². The van der Waals surface area contributed by atoms with Crippen molar-refractivity contribution in [2.24, 2.45) is 0 Å². The van der Waals surface area contributed by atoms with Gasteiger partial charge in [-0.2, -0.15) is 0 Å². The first kappa shape index (κ1) is 74.4. The minimum atomic E-state index is -0.00241. The number of rotatable bonds is 16. The molecule has 113 heavy (non-hydrogen) atoms. The molecule has 0 saturated heterocycles. The third-order valence-electron chi connectivity index (χ3n) is 21.0. The molecule has 548 valence electrons. The summed E-state index contributed by atoms with van der Waals surface area (Å²) in [5.74, 6) is 0. The number of fused-ring (bicyclic) bond motifs is 3. The maximum Gasteiger partial charge on any atom is 0.0465 e. The lowest BCUT2D eigenvalue weighted by Crippen LogP contribution is -2.16. The fourth-order valence-corrected chi connectivity index (χ4v) is 14.9. The molecule has 17 aromatic carbocycles. The van der Waals surface area contributed by atoms with Crippen LogP contribution in [0.4, 0.5) is 68.2 Å². The van der Waals surface area contributed by atoms with Crippen LogP contribution in [0.1, 0.15) is 47.2 Å². The summed E-state index contributed by atoms with van der Waals surface area (Å²) in [4.78, 5) is 9.21. The number of aryl methyl sites for hydroxylation is 4. The summed E-state index contributed by atoms with van der Waals surface area (Å²) in [6.07, 6.45) is 0. The molecule has 0 fully saturated rings. The Morgan fingerprint density at radius 1 is 0.150 bits per heavy atom. The maximum atomic E-state index is 2.38. The fraction of sp³-hybridized carbons (Fsp3) is 0.0642. The Bertz CT molecular complexity index is 5670. The van der Waals surface area contributed by atoms with E-state index in [0.717, 1.165) is 34.1 Å². The van der Waals surface area contributed by atoms with Gasteiger partial charge in [0.05, 0.1) is 0 Å². The Morgan fingerprint density at radius 3 is 0.602 bits per heavy atom. The number of anilines is 12. The highest BCUT2D eigenvalue weighted by atomic mass is 15.2. The van der Waals surface area contributed by atoms with Crippen molar-refractivity contribution in [3.05, 3.63) is 482 Å². The smallest absolute Gasteiger partial charge is 0.0465 e. The molecule has 18 rings (SSSR count). The summed E-state index contributed by atoms with van der Waals surface area (Å²) in [6.45, 7) is 13.1. The number of hydrogen-bond acceptors (Lipinski definition) is 4. The van der Waals surface area contributed by atoms with Gasteiger partial charge in [-0.15, -0.1) is 0 Å². The monoisotopic (exact) mass is 1460 g/mol. The molecule has 0 aliphatic heterocycles. The van der Waals surface area contributed by atoms with Crippen molar-refractivity contribution in [2.75, 3.05) is 19.6 Å². The van der Waals surface area contributed by atoms with Gasteiger partial charge in [-0.1, -0.05) is 339 Å². The highest BCUT2D eigenvalue weighted by Crippen LogP contribution is 2.51. The normalized spacial score (nSPS) is 11.3. The first-order valence-corrected chi connectivity index (χ1v) is 38.9. The van der Waals surface area contributed by atoms with Crippen molar-refractivity contribution in [2.45, 2.75) is 47.0 Å². The first-order chi connectivity index (χ1) is 55.4. The third kappa shape index (κ3) is 17.7. The van der Waals surface area contributed by atoms with E-state index in [0.29, 0.717) is 0 Å². The molecule has 0 unspecified atom stereocenters. The molecule has 0 bridgehead atoms. The van der Waals surface area contributed by atoms with Crippen LogP contribution in [0.25, 0.3) is 55.6 Å². The van der Waals surface area contributed by atoms with Gasteiger partial charge in [0, 0.05) is 73.7 Å². The van der Waals surface area contributed by atoms with E-state index in [1.807, 2.05) is 24.3 Å². The second-order valence-electron chi connectivity index (χ2n) is 29.2. The summed E-state index contributed by atoms with van der Waals surface area (Å²) in [7, 11) is 0. The van der Waals surface area contributed by atoms with E-state index in [1.165, 1.54) is 123 Å². The number of benzene rings is 17. The van der Waals surface area contributed by atoms with Crippen molar-refractivity contribution >= 4 is 68.2 Å². The zero-order valence-electron chi connectivity index (χ0n) is 65.0. The van der Waals surface area contributed by atoms with Crippen molar-refractivity contribution in [3.8, 4) is 55.6 Å². The van der Waals surface area contributed by atoms with Crippen LogP contribution in [-0.2, 0) is 5.41 Å². The summed E-state index contributed by atoms with van der Waals surface area (Å²) in [5, 5.41) is 0. The third-order valence-corrected chi connectivity index (χ3v) is 21.0. The quantitative estimate of drug-likeness (QED) is 0.0956. The Hall–Kier alpha value is -14.1. The zero-order chi connectivity index (χ0) is 77.3. The molecule has 4 heteroatoms. The minimum Gasteiger partial charge on any atom is -0.311 e. The summed E-state index contributed by atoms with van der Waals surface area (Å²) < 4.78 is 0. The Morgan fingerprint density at radius 2 is 0.327 bits per heavy atom. The Balaban J connectivity index is 0.000000122. The number of para-hydroxylation sites is 5. The second-order valence-corrected chi connectivity index (χ2v) is 29.2. The van der Waals surface area contributed by atoms with Crippen LogP contribution in [0.2, 0.25) is 0 Å². The predicted molar refractivity (Wildman–Crippen MR) is 483 cm³/mol. The molecule has 0 aromatic heterocycles. The Labute approximate surface area is 668 Å². The molecule has 1 aliphatic carbocycles. The van der Waals surface area contributed by atoms with Crippen molar-refractivity contribution in [1.29, 1.82) is 0 Å². The molecule has 0 radical (unpaired) electrons. The largest absolute Gasteiger partial charge is 0.311 e. The van der Waals surface area contributed by atoms with Crippen molar-refractivity contribution in [3.63, 3.8) is 0 Å². The van der Waals surface area contributed by atoms with E-state index in [9.17, 15) is 0 Å². The molecule has 17 aromatic rings. The second kappa shape index (κ2) is 35.1. The molecule has 0 amide bonds. The van der Waals surface area contributed by atoms with Gasteiger partial charge in [0.25, 0.3) is 0 Å². The van der Waals surface area contributed by atoms with Crippen LogP contribution < -0.4 is 19.6 Å². The molecule has 0 atom stereocenters. The highest BCUT2D eigenvalue weighted by Gasteiger charge is 2.36. The molecule has 0 saturated carbocycles. The van der Waals surface area contributed by atoms with E-state index in [2.05, 4.69) is 486 Å². The lowest BCUT2D eigenvalue weighted by atomic mass is 9.82. The molecular formula is C109H92N4. The topological polar surface area (TPSA) is 13.0 Å². The number of hydrogen-bond donors (Lipinski definition) is 0. The predicted octanol–water partition coefficient (Wildman–Crippen LogP) is 30.8. The first-order valence-electron chi connectivity index (χ1n) is 38.9. The average Bonchev–Trinajstić information content (AvgIpc) is 1.58. The van der Waals surface area contributed by atoms with Crippen LogP contribution in [0.15, 0.2) is 449 Å². The van der Waals surface area contributed by atoms with Gasteiger partial charge in [-0.3, -0.25) is 0 Å². The molecule has 0 spiro atoms. The van der Waals surface area contributed by atoms with Gasteiger partial charge in [-0.25, -0.2) is 0 Å². The fourth-order valence-electron chi connectivity index (χ4n) is 14.9. The molecule has 0 heterocycles. The van der Waals surface area contributed by atoms with Crippen LogP contribution in [-0.4, -0.2) is 0 Å². The molecule has 1 aliphatic rings. The van der Waals surface area contributed by atoms with Crippen molar-refractivity contribution in [1.82, 2.24) is 0 Å². The molecule has 4 nitrogen and oxygen atoms in total. The molecular weight excluding hydrogens is 1370 g/mol. The van der Waals surface area contributed by atoms with Gasteiger partial charge in [0.2, 0.25) is 0 Å². The lowest BCUT2D eigenvalue weighted by molar-refractivity contribution is 0.660. The van der Waals surface area contributed by atoms with Gasteiger partial charge in [0.15, 0.2) is 0 Å². The molecule has 0 N–H and O–H groups in total. The van der Waals surface area contributed by atoms with Crippen molar-refractivity contribution < 1.29 is 0 Å². The van der Waals surface area contributed by atoms with E-state index in [1.54, 1.807) is 0 Å². The van der Waals surface area contributed by atoms with Crippen LogP contribution in [0.3, 0.4) is 0 Å². The van der Waals surface area contributed by atoms with Crippen LogP contribution in [0, 0.1) is 27.7 Å². The van der Waals surface area contributed by atoms with E-state index in [-0.39, 0.29) is 5.41 Å². The summed E-state index contributed by atoms with van der Waals surface area (Å²) in [6, 6.07) is 159. The highest BCUT2D eigenvalue weighted by molar-refractivity contribution is 5.87. The van der Waals surface area contributed by atoms with Crippen LogP contribution >= 0.6 is 0 Å². The minimum absolute atomic E-state index is 0.00241. The average molecular weight is 1460 g/mol. The van der Waals surface area contributed by atoms with Crippen LogP contribution in [0.5, 0.6) is 0 Å². The standard InChI is InChI=1S/C37H29N.C28H25N.C25H21N.C19H17N/c1-28-12-14-31(15-13-28)34-20-26-37(27-21-34)38(35-22-16-32(17-23-35)29-8-4-2-5-9-29)36-24-18-33(19-25-36)30-10-6-3-7-11-30;1-20-13-15-22(16-14-20)29(21-9-5-4-6-10-21)23-17-18-25-24-11-7-8-12-26(24)28(2,3)27(25)19-23;1-20-12-14-21(15-13-20)22-16-18-25(19-17-22)26(23-8-4-2-5-9-23)24-10-6-3-7-11-24;1-16-12-14-19(15-13-16)20(17-8-4-2-5-9-17)18-10-6-3-7-11-18/h2-27H,1H3;4-19H,1-3H3;2-19H,1H3;2-15H,1H3. The van der Waals surface area contributed by atoms with E-state index in [4.69, 9.17) is 0 Å². The summed E-state index contributed by atoms with van der Waals surface area (Å²) in [5.41, 5.74) is 34.3. The summed E-state index contributed by atoms with van der Waals surface area (Å²) >= 11 is 0. The number of nitrogens with zero attached hydrogens (tertiary/aromatic N) is 4. The zero-order valence-corrected chi connectivity index (χ0v) is 65.0. The van der Waals surface area contributed by atoms with Gasteiger partial charge >= 0.3 is 0 Å². The lowest BCUT2D eigenvalue weighted by Gasteiger charge is -2.28. The van der Waals surface area contributed by atoms with Gasteiger partial charge in [0.1, 0.15) is 0 Å². The maximum absolute atomic E-state index is 2.38. The van der Waals surface area contributed by atoms with E-state index < -0.39 is 0 Å².